The zero-order valence-electron chi connectivity index (χ0n) is 11.4. The number of aliphatic carboxylic acids is 1. The third-order valence-corrected chi connectivity index (χ3v) is 3.83. The van der Waals surface area contributed by atoms with Crippen molar-refractivity contribution in [3.63, 3.8) is 0 Å². The van der Waals surface area contributed by atoms with Crippen molar-refractivity contribution < 1.29 is 19.1 Å². The first-order chi connectivity index (χ1) is 9.47. The van der Waals surface area contributed by atoms with E-state index in [9.17, 15) is 14.0 Å². The Morgan fingerprint density at radius 2 is 1.90 bits per heavy atom. The van der Waals surface area contributed by atoms with Gasteiger partial charge in [-0.25, -0.2) is 4.39 Å². The lowest BCUT2D eigenvalue weighted by Gasteiger charge is -2.26. The van der Waals surface area contributed by atoms with Crippen LogP contribution in [-0.4, -0.2) is 23.0 Å². The largest absolute Gasteiger partial charge is 0.481 e. The maximum Gasteiger partial charge on any atom is 0.306 e. The summed E-state index contributed by atoms with van der Waals surface area (Å²) in [6.45, 7) is 1.62. The Morgan fingerprint density at radius 3 is 2.45 bits per heavy atom. The summed E-state index contributed by atoms with van der Waals surface area (Å²) >= 11 is 0. The molecule has 1 fully saturated rings. The number of benzene rings is 1. The predicted molar refractivity (Wildman–Crippen MR) is 72.0 cm³/mol. The number of amides is 1. The Morgan fingerprint density at radius 1 is 1.25 bits per heavy atom. The topological polar surface area (TPSA) is 66.4 Å². The van der Waals surface area contributed by atoms with Crippen molar-refractivity contribution in [3.05, 3.63) is 35.1 Å². The van der Waals surface area contributed by atoms with Gasteiger partial charge < -0.3 is 10.4 Å². The highest BCUT2D eigenvalue weighted by atomic mass is 19.1. The number of hydrogen-bond acceptors (Lipinski definition) is 2. The number of hydrogen-bond donors (Lipinski definition) is 2. The minimum Gasteiger partial charge on any atom is -0.481 e. The van der Waals surface area contributed by atoms with Crippen molar-refractivity contribution in [2.24, 2.45) is 5.92 Å². The van der Waals surface area contributed by atoms with Crippen LogP contribution >= 0.6 is 0 Å². The van der Waals surface area contributed by atoms with Crippen molar-refractivity contribution >= 4 is 11.9 Å². The average molecular weight is 279 g/mol. The molecule has 0 atom stereocenters. The summed E-state index contributed by atoms with van der Waals surface area (Å²) in [6.07, 6.45) is 2.51. The lowest BCUT2D eigenvalue weighted by molar-refractivity contribution is -0.142. The van der Waals surface area contributed by atoms with Gasteiger partial charge in [-0.15, -0.1) is 0 Å². The van der Waals surface area contributed by atoms with Crippen molar-refractivity contribution in [2.75, 3.05) is 0 Å². The molecule has 1 aromatic rings. The Labute approximate surface area is 117 Å². The van der Waals surface area contributed by atoms with Crippen LogP contribution < -0.4 is 5.32 Å². The van der Waals surface area contributed by atoms with Crippen molar-refractivity contribution in [1.82, 2.24) is 5.32 Å². The van der Waals surface area contributed by atoms with Crippen LogP contribution in [0.4, 0.5) is 4.39 Å². The molecule has 1 aliphatic rings. The van der Waals surface area contributed by atoms with Gasteiger partial charge in [-0.3, -0.25) is 9.59 Å². The highest BCUT2D eigenvalue weighted by Crippen LogP contribution is 2.24. The third kappa shape index (κ3) is 3.35. The van der Waals surface area contributed by atoms with Gasteiger partial charge in [0, 0.05) is 11.6 Å². The van der Waals surface area contributed by atoms with Gasteiger partial charge in [-0.2, -0.15) is 0 Å². The third-order valence-electron chi connectivity index (χ3n) is 3.83. The van der Waals surface area contributed by atoms with E-state index in [0.29, 0.717) is 36.8 Å². The normalized spacial score (nSPS) is 22.3. The fourth-order valence-corrected chi connectivity index (χ4v) is 2.54. The predicted octanol–water partition coefficient (Wildman–Crippen LogP) is 2.51. The minimum absolute atomic E-state index is 0.00320. The summed E-state index contributed by atoms with van der Waals surface area (Å²) in [5.41, 5.74) is 0.872. The molecule has 0 heterocycles. The summed E-state index contributed by atoms with van der Waals surface area (Å²) in [5, 5.41) is 11.8. The van der Waals surface area contributed by atoms with E-state index in [2.05, 4.69) is 5.32 Å². The molecule has 1 aromatic carbocycles. The molecule has 0 unspecified atom stereocenters. The monoisotopic (exact) mass is 279 g/mol. The van der Waals surface area contributed by atoms with Gasteiger partial charge in [0.1, 0.15) is 5.82 Å². The smallest absolute Gasteiger partial charge is 0.306 e. The fraction of sp³-hybridized carbons (Fsp3) is 0.467. The molecule has 2 rings (SSSR count). The molecule has 4 nitrogen and oxygen atoms in total. The quantitative estimate of drug-likeness (QED) is 0.893. The maximum atomic E-state index is 13.2. The van der Waals surface area contributed by atoms with Gasteiger partial charge in [0.25, 0.3) is 5.91 Å². The molecular formula is C15H18FNO3. The van der Waals surface area contributed by atoms with Crippen molar-refractivity contribution in [1.29, 1.82) is 0 Å². The number of carboxylic acid groups (broad SMARTS) is 1. The van der Waals surface area contributed by atoms with Gasteiger partial charge in [0.2, 0.25) is 0 Å². The molecule has 5 heteroatoms. The summed E-state index contributed by atoms with van der Waals surface area (Å²) in [5.74, 6) is -1.62. The number of aryl methyl sites for hydroxylation is 1. The highest BCUT2D eigenvalue weighted by Gasteiger charge is 2.26. The molecule has 0 spiro atoms. The number of nitrogens with one attached hydrogen (secondary N) is 1. The van der Waals surface area contributed by atoms with E-state index in [0.717, 1.165) is 0 Å². The van der Waals surface area contributed by atoms with Gasteiger partial charge >= 0.3 is 5.97 Å². The zero-order valence-corrected chi connectivity index (χ0v) is 11.4. The average Bonchev–Trinajstić information content (AvgIpc) is 2.42. The van der Waals surface area contributed by atoms with Gasteiger partial charge in [0.05, 0.1) is 5.92 Å². The van der Waals surface area contributed by atoms with Crippen LogP contribution in [0, 0.1) is 18.7 Å². The molecule has 1 saturated carbocycles. The van der Waals surface area contributed by atoms with Crippen LogP contribution in [0.25, 0.3) is 0 Å². The Bertz CT molecular complexity index is 522. The van der Waals surface area contributed by atoms with E-state index in [1.165, 1.54) is 18.2 Å². The van der Waals surface area contributed by atoms with E-state index in [-0.39, 0.29) is 23.7 Å². The van der Waals surface area contributed by atoms with Crippen LogP contribution in [0.3, 0.4) is 0 Å². The first-order valence-corrected chi connectivity index (χ1v) is 6.77. The first-order valence-electron chi connectivity index (χ1n) is 6.77. The molecule has 0 saturated heterocycles. The number of rotatable bonds is 3. The molecule has 20 heavy (non-hydrogen) atoms. The lowest BCUT2D eigenvalue weighted by atomic mass is 9.86. The van der Waals surface area contributed by atoms with Crippen molar-refractivity contribution in [3.8, 4) is 0 Å². The molecule has 0 aliphatic heterocycles. The molecule has 0 aromatic heterocycles. The van der Waals surface area contributed by atoms with Crippen LogP contribution in [0.5, 0.6) is 0 Å². The highest BCUT2D eigenvalue weighted by molar-refractivity contribution is 5.94. The van der Waals surface area contributed by atoms with E-state index >= 15 is 0 Å². The van der Waals surface area contributed by atoms with Crippen LogP contribution in [-0.2, 0) is 4.79 Å². The Kier molecular flexibility index (Phi) is 4.37. The Balaban J connectivity index is 1.92. The fourth-order valence-electron chi connectivity index (χ4n) is 2.54. The summed E-state index contributed by atoms with van der Waals surface area (Å²) in [4.78, 5) is 22.9. The SMILES string of the molecule is Cc1cc(C(=O)NC2CCC(C(=O)O)CC2)ccc1F. The second kappa shape index (κ2) is 6.03. The Hall–Kier alpha value is -1.91. The molecule has 0 radical (unpaired) electrons. The number of carbonyl (C=O) groups is 2. The molecular weight excluding hydrogens is 261 g/mol. The van der Waals surface area contributed by atoms with Crippen LogP contribution in [0.1, 0.15) is 41.6 Å². The summed E-state index contributed by atoms with van der Waals surface area (Å²) in [6, 6.07) is 4.27. The van der Waals surface area contributed by atoms with Gasteiger partial charge in [-0.1, -0.05) is 0 Å². The van der Waals surface area contributed by atoms with Gasteiger partial charge in [0.15, 0.2) is 0 Å². The zero-order chi connectivity index (χ0) is 14.7. The van der Waals surface area contributed by atoms with Gasteiger partial charge in [-0.05, 0) is 56.4 Å². The number of carbonyl (C=O) groups excluding carboxylic acids is 1. The first kappa shape index (κ1) is 14.5. The molecule has 1 aliphatic carbocycles. The molecule has 1 amide bonds. The van der Waals surface area contributed by atoms with E-state index in [1.54, 1.807) is 6.92 Å². The van der Waals surface area contributed by atoms with E-state index in [1.807, 2.05) is 0 Å². The van der Waals surface area contributed by atoms with E-state index in [4.69, 9.17) is 5.11 Å². The molecule has 108 valence electrons. The standard InChI is InChI=1S/C15H18FNO3/c1-9-8-11(4-7-13(9)16)14(18)17-12-5-2-10(3-6-12)15(19)20/h4,7-8,10,12H,2-3,5-6H2,1H3,(H,17,18)(H,19,20). The minimum atomic E-state index is -0.760. The van der Waals surface area contributed by atoms with Crippen LogP contribution in [0.2, 0.25) is 0 Å². The van der Waals surface area contributed by atoms with E-state index < -0.39 is 5.97 Å². The maximum absolute atomic E-state index is 13.2. The number of halogens is 1. The van der Waals surface area contributed by atoms with Crippen molar-refractivity contribution in [2.45, 2.75) is 38.6 Å². The van der Waals surface area contributed by atoms with Crippen LogP contribution in [0.15, 0.2) is 18.2 Å². The molecule has 0 bridgehead atoms. The summed E-state index contributed by atoms with van der Waals surface area (Å²) in [7, 11) is 0. The second-order valence-corrected chi connectivity index (χ2v) is 5.32. The lowest BCUT2D eigenvalue weighted by Crippen LogP contribution is -2.38. The second-order valence-electron chi connectivity index (χ2n) is 5.32. The summed E-state index contributed by atoms with van der Waals surface area (Å²) < 4.78 is 13.2. The number of carboxylic acids is 1. The molecule has 2 N–H and O–H groups in total.